The zero-order valence-electron chi connectivity index (χ0n) is 21.5. The molecule has 2 N–H and O–H groups in total. The van der Waals surface area contributed by atoms with Gasteiger partial charge >= 0.3 is 6.18 Å². The number of fused-ring (bicyclic) bond motifs is 1. The summed E-state index contributed by atoms with van der Waals surface area (Å²) in [6, 6.07) is 15.1. The smallest absolute Gasteiger partial charge is 0.390 e. The van der Waals surface area contributed by atoms with Crippen LogP contribution in [0.2, 0.25) is 0 Å². The number of nitrogens with zero attached hydrogens (tertiary/aromatic N) is 3. The average Bonchev–Trinajstić information content (AvgIpc) is 3.33. The maximum absolute atomic E-state index is 14.1. The number of aliphatic hydroxyl groups excluding tert-OH is 1. The number of rotatable bonds is 6. The lowest BCUT2D eigenvalue weighted by atomic mass is 9.81. The summed E-state index contributed by atoms with van der Waals surface area (Å²) >= 11 is 3.43. The summed E-state index contributed by atoms with van der Waals surface area (Å²) in [5, 5.41) is 17.6. The first-order chi connectivity index (χ1) is 19.5. The molecular formula is C29H23BrF4N4O3. The van der Waals surface area contributed by atoms with E-state index in [1.54, 1.807) is 25.1 Å². The zero-order valence-corrected chi connectivity index (χ0v) is 23.1. The van der Waals surface area contributed by atoms with E-state index in [2.05, 4.69) is 26.3 Å². The second-order valence-electron chi connectivity index (χ2n) is 9.38. The van der Waals surface area contributed by atoms with E-state index in [0.717, 1.165) is 16.6 Å². The first-order valence-electron chi connectivity index (χ1n) is 12.6. The Morgan fingerprint density at radius 1 is 1.07 bits per heavy atom. The predicted molar refractivity (Wildman–Crippen MR) is 146 cm³/mol. The molecule has 0 spiro atoms. The minimum absolute atomic E-state index is 0.155. The highest BCUT2D eigenvalue weighted by atomic mass is 79.9. The normalized spacial score (nSPS) is 17.0. The van der Waals surface area contributed by atoms with Crippen LogP contribution in [0.5, 0.6) is 0 Å². The molecule has 41 heavy (non-hydrogen) atoms. The quantitative estimate of drug-likeness (QED) is 0.272. The molecule has 12 heteroatoms. The molecule has 0 aliphatic carbocycles. The van der Waals surface area contributed by atoms with Crippen LogP contribution in [0.15, 0.2) is 77.3 Å². The van der Waals surface area contributed by atoms with Gasteiger partial charge in [-0.15, -0.1) is 0 Å². The van der Waals surface area contributed by atoms with Gasteiger partial charge in [-0.25, -0.2) is 9.07 Å². The third-order valence-electron chi connectivity index (χ3n) is 6.89. The summed E-state index contributed by atoms with van der Waals surface area (Å²) in [7, 11) is 0. The topological polar surface area (TPSA) is 87.5 Å². The zero-order chi connectivity index (χ0) is 29.5. The summed E-state index contributed by atoms with van der Waals surface area (Å²) in [5.41, 5.74) is 0.381. The Hall–Kier alpha value is -4.03. The fourth-order valence-electron chi connectivity index (χ4n) is 5.07. The summed E-state index contributed by atoms with van der Waals surface area (Å²) in [4.78, 5) is 28.8. The van der Waals surface area contributed by atoms with Crippen molar-refractivity contribution in [3.8, 4) is 5.69 Å². The molecule has 0 radical (unpaired) electrons. The van der Waals surface area contributed by atoms with Crippen LogP contribution in [0.1, 0.15) is 45.6 Å². The third-order valence-corrected chi connectivity index (χ3v) is 7.39. The van der Waals surface area contributed by atoms with Gasteiger partial charge in [-0.3, -0.25) is 14.5 Å². The van der Waals surface area contributed by atoms with Crippen molar-refractivity contribution in [1.82, 2.24) is 15.1 Å². The molecule has 2 heterocycles. The molecule has 0 saturated carbocycles. The van der Waals surface area contributed by atoms with Crippen LogP contribution >= 0.6 is 15.9 Å². The van der Waals surface area contributed by atoms with Gasteiger partial charge in [0.25, 0.3) is 11.8 Å². The highest BCUT2D eigenvalue weighted by Gasteiger charge is 2.46. The maximum atomic E-state index is 14.1. The lowest BCUT2D eigenvalue weighted by Crippen LogP contribution is -2.55. The van der Waals surface area contributed by atoms with Gasteiger partial charge in [-0.1, -0.05) is 40.2 Å². The minimum Gasteiger partial charge on any atom is -0.390 e. The van der Waals surface area contributed by atoms with Gasteiger partial charge in [0.2, 0.25) is 0 Å². The van der Waals surface area contributed by atoms with E-state index in [0.29, 0.717) is 28.7 Å². The number of amides is 2. The minimum atomic E-state index is -4.67. The number of likely N-dealkylation sites (N-methyl/N-ethyl adjacent to an activating group) is 1. The van der Waals surface area contributed by atoms with Crippen molar-refractivity contribution in [3.05, 3.63) is 111 Å². The molecule has 0 bridgehead atoms. The number of carbonyl (C=O) groups excluding carboxylic acids is 2. The van der Waals surface area contributed by atoms with Gasteiger partial charge in [-0.2, -0.15) is 18.3 Å². The number of halogens is 5. The van der Waals surface area contributed by atoms with Gasteiger partial charge in [0, 0.05) is 28.1 Å². The molecule has 0 fully saturated rings. The Morgan fingerprint density at radius 3 is 2.41 bits per heavy atom. The van der Waals surface area contributed by atoms with Crippen molar-refractivity contribution in [2.45, 2.75) is 31.7 Å². The van der Waals surface area contributed by atoms with Crippen molar-refractivity contribution in [2.75, 3.05) is 11.4 Å². The Kier molecular flexibility index (Phi) is 7.71. The molecule has 1 aromatic heterocycles. The van der Waals surface area contributed by atoms with Crippen molar-refractivity contribution in [1.29, 1.82) is 0 Å². The van der Waals surface area contributed by atoms with Crippen LogP contribution in [0, 0.1) is 5.82 Å². The molecule has 0 saturated heterocycles. The average molecular weight is 631 g/mol. The summed E-state index contributed by atoms with van der Waals surface area (Å²) in [6.07, 6.45) is -4.67. The fraction of sp³-hybridized carbons (Fsp3) is 0.207. The predicted octanol–water partition coefficient (Wildman–Crippen LogP) is 5.58. The van der Waals surface area contributed by atoms with E-state index < -0.39 is 47.9 Å². The first-order valence-corrected chi connectivity index (χ1v) is 13.4. The second-order valence-corrected chi connectivity index (χ2v) is 10.3. The maximum Gasteiger partial charge on any atom is 0.416 e. The Bertz CT molecular complexity index is 1620. The summed E-state index contributed by atoms with van der Waals surface area (Å²) in [5.74, 6) is -2.55. The number of benzene rings is 3. The Morgan fingerprint density at radius 2 is 1.78 bits per heavy atom. The first kappa shape index (κ1) is 28.5. The SMILES string of the molecule is CCN1C(=O)[C@@H](NC(=O)c2cccc(C(F)(F)F)c2)[C@@H](c2ccc(F)cc2)c2c(CO)nn(-c3cccc(Br)c3)c21. The highest BCUT2D eigenvalue weighted by Crippen LogP contribution is 2.44. The van der Waals surface area contributed by atoms with Crippen molar-refractivity contribution in [2.24, 2.45) is 0 Å². The molecule has 0 unspecified atom stereocenters. The number of hydrogen-bond donors (Lipinski definition) is 2. The van der Waals surface area contributed by atoms with Gasteiger partial charge in [0.1, 0.15) is 17.7 Å². The van der Waals surface area contributed by atoms with Gasteiger partial charge in [0.05, 0.1) is 23.6 Å². The van der Waals surface area contributed by atoms with Crippen LogP contribution in [0.3, 0.4) is 0 Å². The number of alkyl halides is 3. The largest absolute Gasteiger partial charge is 0.416 e. The second kappa shape index (κ2) is 11.1. The molecular weight excluding hydrogens is 608 g/mol. The molecule has 4 aromatic rings. The van der Waals surface area contributed by atoms with Crippen LogP contribution in [-0.2, 0) is 17.6 Å². The Balaban J connectivity index is 1.68. The lowest BCUT2D eigenvalue weighted by Gasteiger charge is -2.38. The van der Waals surface area contributed by atoms with E-state index in [1.165, 1.54) is 39.9 Å². The molecule has 7 nitrogen and oxygen atoms in total. The number of aromatic nitrogens is 2. The number of nitrogens with one attached hydrogen (secondary N) is 1. The van der Waals surface area contributed by atoms with Crippen LogP contribution in [0.4, 0.5) is 23.4 Å². The fourth-order valence-corrected chi connectivity index (χ4v) is 5.46. The van der Waals surface area contributed by atoms with Crippen molar-refractivity contribution >= 4 is 33.6 Å². The monoisotopic (exact) mass is 630 g/mol. The molecule has 212 valence electrons. The van der Waals surface area contributed by atoms with E-state index >= 15 is 0 Å². The summed E-state index contributed by atoms with van der Waals surface area (Å²) < 4.78 is 56.2. The van der Waals surface area contributed by atoms with Gasteiger partial charge in [0.15, 0.2) is 0 Å². The lowest BCUT2D eigenvalue weighted by molar-refractivity contribution is -0.137. The molecule has 2 atom stereocenters. The standard InChI is InChI=1S/C29H23BrF4N4O3/c1-2-37-27-24(22(15-39)36-38(27)21-8-4-7-19(30)14-21)23(16-9-11-20(31)12-10-16)25(28(37)41)35-26(40)17-5-3-6-18(13-17)29(32,33)34/h3-14,23,25,39H,2,15H2,1H3,(H,35,40)/t23-,25-/m0/s1. The Labute approximate surface area is 240 Å². The number of hydrogen-bond acceptors (Lipinski definition) is 4. The van der Waals surface area contributed by atoms with E-state index in [4.69, 9.17) is 0 Å². The van der Waals surface area contributed by atoms with Crippen LogP contribution < -0.4 is 10.2 Å². The summed E-state index contributed by atoms with van der Waals surface area (Å²) in [6.45, 7) is 1.37. The van der Waals surface area contributed by atoms with E-state index in [-0.39, 0.29) is 17.8 Å². The highest BCUT2D eigenvalue weighted by molar-refractivity contribution is 9.10. The molecule has 3 aromatic carbocycles. The van der Waals surface area contributed by atoms with Crippen LogP contribution in [0.25, 0.3) is 5.69 Å². The third kappa shape index (κ3) is 5.36. The number of aliphatic hydroxyl groups is 1. The van der Waals surface area contributed by atoms with E-state index in [1.807, 2.05) is 6.07 Å². The van der Waals surface area contributed by atoms with E-state index in [9.17, 15) is 32.3 Å². The molecule has 5 rings (SSSR count). The molecule has 2 amide bonds. The molecule has 1 aliphatic rings. The van der Waals surface area contributed by atoms with Crippen molar-refractivity contribution in [3.63, 3.8) is 0 Å². The number of carbonyl (C=O) groups is 2. The number of anilines is 1. The van der Waals surface area contributed by atoms with Crippen LogP contribution in [-0.4, -0.2) is 39.3 Å². The van der Waals surface area contributed by atoms with Gasteiger partial charge < -0.3 is 10.4 Å². The molecule has 1 aliphatic heterocycles. The van der Waals surface area contributed by atoms with Crippen molar-refractivity contribution < 1.29 is 32.3 Å². The van der Waals surface area contributed by atoms with Gasteiger partial charge in [-0.05, 0) is 61.0 Å².